The number of hydrazone groups is 1. The second-order valence-corrected chi connectivity index (χ2v) is 6.64. The molecule has 1 amide bonds. The Morgan fingerprint density at radius 2 is 1.63 bits per heavy atom. The molecule has 3 rings (SSSR count). The van der Waals surface area contributed by atoms with Crippen molar-refractivity contribution < 1.29 is 14.7 Å². The number of aliphatic carboxylic acids is 1. The Labute approximate surface area is 174 Å². The molecule has 0 aliphatic rings. The van der Waals surface area contributed by atoms with E-state index in [-0.39, 0.29) is 18.2 Å². The largest absolute Gasteiger partial charge is 0.481 e. The zero-order valence-corrected chi connectivity index (χ0v) is 16.2. The molecule has 7 heteroatoms. The number of hydrogen-bond acceptors (Lipinski definition) is 4. The minimum atomic E-state index is -0.886. The van der Waals surface area contributed by atoms with Crippen LogP contribution in [0.25, 0.3) is 0 Å². The minimum Gasteiger partial charge on any atom is -0.481 e. The summed E-state index contributed by atoms with van der Waals surface area (Å²) >= 11 is 0. The molecule has 0 aromatic heterocycles. The molecule has 0 aliphatic carbocycles. The second-order valence-electron chi connectivity index (χ2n) is 6.64. The molecule has 152 valence electrons. The molecule has 3 aromatic rings. The number of anilines is 2. The molecule has 0 aliphatic heterocycles. The molecule has 0 saturated carbocycles. The van der Waals surface area contributed by atoms with Gasteiger partial charge in [-0.25, -0.2) is 0 Å². The summed E-state index contributed by atoms with van der Waals surface area (Å²) < 4.78 is 0. The van der Waals surface area contributed by atoms with Crippen molar-refractivity contribution >= 4 is 29.6 Å². The fourth-order valence-corrected chi connectivity index (χ4v) is 3.19. The van der Waals surface area contributed by atoms with Crippen LogP contribution in [0.2, 0.25) is 0 Å². The van der Waals surface area contributed by atoms with E-state index in [9.17, 15) is 14.7 Å². The quantitative estimate of drug-likeness (QED) is 0.198. The van der Waals surface area contributed by atoms with Gasteiger partial charge in [-0.3, -0.25) is 9.59 Å². The third-order valence-corrected chi connectivity index (χ3v) is 4.56. The fourth-order valence-electron chi connectivity index (χ4n) is 3.19. The van der Waals surface area contributed by atoms with Crippen molar-refractivity contribution in [3.63, 3.8) is 0 Å². The van der Waals surface area contributed by atoms with Crippen LogP contribution in [0, 0.1) is 0 Å². The maximum absolute atomic E-state index is 12.7. The van der Waals surface area contributed by atoms with Crippen molar-refractivity contribution in [3.05, 3.63) is 95.6 Å². The van der Waals surface area contributed by atoms with E-state index in [1.54, 1.807) is 36.4 Å². The molecule has 1 atom stereocenters. The van der Waals surface area contributed by atoms with Crippen molar-refractivity contribution in [2.24, 2.45) is 10.9 Å². The van der Waals surface area contributed by atoms with Crippen LogP contribution < -0.4 is 16.5 Å². The molecule has 0 saturated heterocycles. The molecular weight excluding hydrogens is 380 g/mol. The lowest BCUT2D eigenvalue weighted by molar-refractivity contribution is -0.137. The number of nitrogens with two attached hydrogens (primary N) is 1. The predicted octanol–water partition coefficient (Wildman–Crippen LogP) is 3.86. The van der Waals surface area contributed by atoms with Crippen LogP contribution >= 0.6 is 0 Å². The van der Waals surface area contributed by atoms with Gasteiger partial charge in [0, 0.05) is 22.9 Å². The van der Waals surface area contributed by atoms with Gasteiger partial charge < -0.3 is 21.6 Å². The first-order valence-electron chi connectivity index (χ1n) is 9.33. The summed E-state index contributed by atoms with van der Waals surface area (Å²) in [7, 11) is 0. The van der Waals surface area contributed by atoms with Crippen LogP contribution in [-0.4, -0.2) is 23.3 Å². The zero-order chi connectivity index (χ0) is 21.3. The fraction of sp³-hybridized carbons (Fsp3) is 0.0870. The normalized spacial score (nSPS) is 11.7. The minimum absolute atomic E-state index is 0.0438. The summed E-state index contributed by atoms with van der Waals surface area (Å²) in [5.74, 6) is 3.59. The van der Waals surface area contributed by atoms with Gasteiger partial charge in [-0.2, -0.15) is 5.10 Å². The molecule has 5 N–H and O–H groups in total. The third kappa shape index (κ3) is 5.45. The van der Waals surface area contributed by atoms with Gasteiger partial charge in [-0.15, -0.1) is 0 Å². The number of benzene rings is 3. The van der Waals surface area contributed by atoms with Crippen molar-refractivity contribution in [2.45, 2.75) is 12.3 Å². The van der Waals surface area contributed by atoms with E-state index in [1.807, 2.05) is 42.5 Å². The SMILES string of the molecule is NN=CNc1cccc(C(=O)Nc2cccc(C(CC(=O)O)c3ccccc3)c2)c1. The lowest BCUT2D eigenvalue weighted by Gasteiger charge is -2.17. The van der Waals surface area contributed by atoms with Crippen LogP contribution in [0.1, 0.15) is 33.8 Å². The number of carbonyl (C=O) groups excluding carboxylic acids is 1. The summed E-state index contributed by atoms with van der Waals surface area (Å²) in [5, 5.41) is 18.5. The highest BCUT2D eigenvalue weighted by atomic mass is 16.4. The van der Waals surface area contributed by atoms with E-state index >= 15 is 0 Å². The summed E-state index contributed by atoms with van der Waals surface area (Å²) in [5.41, 5.74) is 3.45. The summed E-state index contributed by atoms with van der Waals surface area (Å²) in [6.07, 6.45) is 1.28. The first-order valence-corrected chi connectivity index (χ1v) is 9.33. The Hall–Kier alpha value is -4.13. The highest BCUT2D eigenvalue weighted by molar-refractivity contribution is 6.05. The van der Waals surface area contributed by atoms with Crippen molar-refractivity contribution in [1.82, 2.24) is 0 Å². The number of carboxylic acids is 1. The number of hydrogen-bond donors (Lipinski definition) is 4. The Morgan fingerprint density at radius 3 is 2.37 bits per heavy atom. The lowest BCUT2D eigenvalue weighted by Crippen LogP contribution is -2.13. The molecule has 0 radical (unpaired) electrons. The Kier molecular flexibility index (Phi) is 6.78. The monoisotopic (exact) mass is 402 g/mol. The first kappa shape index (κ1) is 20.6. The zero-order valence-electron chi connectivity index (χ0n) is 16.2. The number of carbonyl (C=O) groups is 2. The molecule has 3 aromatic carbocycles. The van der Waals surface area contributed by atoms with Gasteiger partial charge in [0.05, 0.1) is 6.42 Å². The van der Waals surface area contributed by atoms with E-state index in [4.69, 9.17) is 5.84 Å². The predicted molar refractivity (Wildman–Crippen MR) is 118 cm³/mol. The maximum Gasteiger partial charge on any atom is 0.304 e. The lowest BCUT2D eigenvalue weighted by atomic mass is 9.88. The van der Waals surface area contributed by atoms with Crippen LogP contribution in [0.15, 0.2) is 84.0 Å². The summed E-state index contributed by atoms with van der Waals surface area (Å²) in [4.78, 5) is 24.1. The van der Waals surface area contributed by atoms with Crippen LogP contribution in [0.5, 0.6) is 0 Å². The van der Waals surface area contributed by atoms with Gasteiger partial charge >= 0.3 is 5.97 Å². The molecule has 0 heterocycles. The number of nitrogens with one attached hydrogen (secondary N) is 2. The van der Waals surface area contributed by atoms with Crippen LogP contribution in [0.4, 0.5) is 11.4 Å². The molecule has 1 unspecified atom stereocenters. The standard InChI is InChI=1S/C23H22N4O3/c24-26-15-25-19-10-5-9-18(13-19)23(30)27-20-11-4-8-17(12-20)21(14-22(28)29)16-6-2-1-3-7-16/h1-13,15,21H,14,24H2,(H,25,26)(H,27,30)(H,28,29). The topological polar surface area (TPSA) is 117 Å². The molecule has 0 bridgehead atoms. The van der Waals surface area contributed by atoms with E-state index in [1.165, 1.54) is 6.34 Å². The summed E-state index contributed by atoms with van der Waals surface area (Å²) in [6, 6.07) is 23.6. The van der Waals surface area contributed by atoms with Gasteiger partial charge in [-0.05, 0) is 41.5 Å². The van der Waals surface area contributed by atoms with Gasteiger partial charge in [-0.1, -0.05) is 48.5 Å². The Bertz CT molecular complexity index is 1050. The number of nitrogens with zero attached hydrogens (tertiary/aromatic N) is 1. The highest BCUT2D eigenvalue weighted by Crippen LogP contribution is 2.29. The van der Waals surface area contributed by atoms with E-state index in [0.29, 0.717) is 16.9 Å². The smallest absolute Gasteiger partial charge is 0.304 e. The second kappa shape index (κ2) is 9.88. The maximum atomic E-state index is 12.7. The third-order valence-electron chi connectivity index (χ3n) is 4.56. The van der Waals surface area contributed by atoms with Crippen molar-refractivity contribution in [1.29, 1.82) is 0 Å². The average Bonchev–Trinajstić information content (AvgIpc) is 2.77. The highest BCUT2D eigenvalue weighted by Gasteiger charge is 2.18. The molecule has 7 nitrogen and oxygen atoms in total. The number of rotatable bonds is 8. The van der Waals surface area contributed by atoms with Gasteiger partial charge in [0.25, 0.3) is 5.91 Å². The van der Waals surface area contributed by atoms with E-state index in [0.717, 1.165) is 11.1 Å². The average molecular weight is 402 g/mol. The van der Waals surface area contributed by atoms with Gasteiger partial charge in [0.15, 0.2) is 0 Å². The van der Waals surface area contributed by atoms with Crippen LogP contribution in [-0.2, 0) is 4.79 Å². The van der Waals surface area contributed by atoms with Crippen molar-refractivity contribution in [2.75, 3.05) is 10.6 Å². The van der Waals surface area contributed by atoms with Crippen LogP contribution in [0.3, 0.4) is 0 Å². The Balaban J connectivity index is 1.82. The number of carboxylic acid groups (broad SMARTS) is 1. The number of amides is 1. The van der Waals surface area contributed by atoms with Gasteiger partial charge in [0.1, 0.15) is 6.34 Å². The van der Waals surface area contributed by atoms with Crippen molar-refractivity contribution in [3.8, 4) is 0 Å². The molecule has 0 spiro atoms. The van der Waals surface area contributed by atoms with Gasteiger partial charge in [0.2, 0.25) is 0 Å². The molecular formula is C23H22N4O3. The first-order chi connectivity index (χ1) is 14.6. The Morgan fingerprint density at radius 1 is 0.933 bits per heavy atom. The summed E-state index contributed by atoms with van der Waals surface area (Å²) in [6.45, 7) is 0. The molecule has 0 fully saturated rings. The van der Waals surface area contributed by atoms with E-state index in [2.05, 4.69) is 15.7 Å². The molecule has 30 heavy (non-hydrogen) atoms. The van der Waals surface area contributed by atoms with E-state index < -0.39 is 5.97 Å².